The second-order valence-electron chi connectivity index (χ2n) is 4.06. The van der Waals surface area contributed by atoms with Crippen LogP contribution < -0.4 is 5.32 Å². The van der Waals surface area contributed by atoms with Crippen molar-refractivity contribution in [1.29, 1.82) is 0 Å². The number of hydrogen-bond donors (Lipinski definition) is 1. The lowest BCUT2D eigenvalue weighted by Crippen LogP contribution is -2.08. The van der Waals surface area contributed by atoms with Crippen LogP contribution in [-0.2, 0) is 13.1 Å². The summed E-state index contributed by atoms with van der Waals surface area (Å²) in [6, 6.07) is 3.72. The lowest BCUT2D eigenvalue weighted by molar-refractivity contribution is -0.384. The summed E-state index contributed by atoms with van der Waals surface area (Å²) in [6.07, 6.45) is 3.38. The Morgan fingerprint density at radius 1 is 1.42 bits per heavy atom. The van der Waals surface area contributed by atoms with Crippen LogP contribution in [0.2, 0.25) is 0 Å². The molecule has 0 fully saturated rings. The van der Waals surface area contributed by atoms with Crippen LogP contribution in [0, 0.1) is 17.0 Å². The average molecular weight is 261 g/mol. The predicted octanol–water partition coefficient (Wildman–Crippen LogP) is 2.13. The number of pyridine rings is 1. The van der Waals surface area contributed by atoms with Gasteiger partial charge in [0.25, 0.3) is 0 Å². The molecule has 2 aromatic heterocycles. The van der Waals surface area contributed by atoms with E-state index in [0.717, 1.165) is 5.56 Å². The van der Waals surface area contributed by atoms with E-state index in [0.29, 0.717) is 24.6 Å². The minimum absolute atomic E-state index is 0.0379. The zero-order valence-electron chi connectivity index (χ0n) is 10.8. The van der Waals surface area contributed by atoms with E-state index in [2.05, 4.69) is 15.4 Å². The van der Waals surface area contributed by atoms with Gasteiger partial charge in [0.1, 0.15) is 5.69 Å². The van der Waals surface area contributed by atoms with Crippen molar-refractivity contribution in [1.82, 2.24) is 14.8 Å². The summed E-state index contributed by atoms with van der Waals surface area (Å²) < 4.78 is 1.61. The van der Waals surface area contributed by atoms with E-state index < -0.39 is 4.92 Å². The van der Waals surface area contributed by atoms with Crippen molar-refractivity contribution >= 4 is 11.5 Å². The average Bonchev–Trinajstić information content (AvgIpc) is 2.73. The Bertz CT molecular complexity index is 579. The van der Waals surface area contributed by atoms with Gasteiger partial charge in [0.05, 0.1) is 4.92 Å². The molecule has 0 atom stereocenters. The maximum Gasteiger partial charge on any atom is 0.333 e. The second-order valence-corrected chi connectivity index (χ2v) is 4.06. The minimum Gasteiger partial charge on any atom is -0.360 e. The molecule has 2 rings (SSSR count). The molecule has 7 heteroatoms. The zero-order valence-corrected chi connectivity index (χ0v) is 10.8. The molecule has 0 aliphatic carbocycles. The van der Waals surface area contributed by atoms with E-state index >= 15 is 0 Å². The fourth-order valence-corrected chi connectivity index (χ4v) is 1.88. The van der Waals surface area contributed by atoms with E-state index in [1.807, 2.05) is 19.1 Å². The van der Waals surface area contributed by atoms with Crippen molar-refractivity contribution in [3.8, 4) is 0 Å². The lowest BCUT2D eigenvalue weighted by atomic mass is 10.2. The Morgan fingerprint density at radius 2 is 2.11 bits per heavy atom. The van der Waals surface area contributed by atoms with Gasteiger partial charge in [-0.05, 0) is 31.5 Å². The molecular formula is C12H15N5O2. The highest BCUT2D eigenvalue weighted by molar-refractivity contribution is 5.59. The first-order chi connectivity index (χ1) is 9.13. The number of nitrogens with one attached hydrogen (secondary N) is 1. The maximum atomic E-state index is 11.1. The molecule has 0 aliphatic rings. The standard InChI is InChI=1S/C12H15N5O2/c1-3-16-12(11(17(18)19)9(2)15-16)14-8-10-4-6-13-7-5-10/h4-7,14H,3,8H2,1-2H3. The van der Waals surface area contributed by atoms with E-state index in [4.69, 9.17) is 0 Å². The summed E-state index contributed by atoms with van der Waals surface area (Å²) >= 11 is 0. The Balaban J connectivity index is 2.26. The van der Waals surface area contributed by atoms with E-state index in [1.54, 1.807) is 24.0 Å². The van der Waals surface area contributed by atoms with Gasteiger partial charge in [0.15, 0.2) is 0 Å². The second kappa shape index (κ2) is 5.47. The van der Waals surface area contributed by atoms with E-state index in [9.17, 15) is 10.1 Å². The monoisotopic (exact) mass is 261 g/mol. The first kappa shape index (κ1) is 13.0. The largest absolute Gasteiger partial charge is 0.360 e. The quantitative estimate of drug-likeness (QED) is 0.658. The van der Waals surface area contributed by atoms with Crippen molar-refractivity contribution in [3.63, 3.8) is 0 Å². The molecule has 0 amide bonds. The number of nitrogens with zero attached hydrogens (tertiary/aromatic N) is 4. The number of nitro groups is 1. The van der Waals surface area contributed by atoms with Crippen LogP contribution in [-0.4, -0.2) is 19.7 Å². The highest BCUT2D eigenvalue weighted by Gasteiger charge is 2.24. The molecule has 0 unspecified atom stereocenters. The Labute approximate surface area is 110 Å². The summed E-state index contributed by atoms with van der Waals surface area (Å²) in [5, 5.41) is 18.3. The van der Waals surface area contributed by atoms with Crippen molar-refractivity contribution in [2.45, 2.75) is 26.9 Å². The Hall–Kier alpha value is -2.44. The molecule has 0 aliphatic heterocycles. The third-order valence-electron chi connectivity index (χ3n) is 2.79. The SMILES string of the molecule is CCn1nc(C)c([N+](=O)[O-])c1NCc1ccncc1. The maximum absolute atomic E-state index is 11.1. The summed E-state index contributed by atoms with van der Waals surface area (Å²) in [5.74, 6) is 0.446. The van der Waals surface area contributed by atoms with Gasteiger partial charge in [0.2, 0.25) is 5.82 Å². The van der Waals surface area contributed by atoms with Gasteiger partial charge in [-0.15, -0.1) is 0 Å². The van der Waals surface area contributed by atoms with Crippen molar-refractivity contribution in [3.05, 3.63) is 45.9 Å². The number of rotatable bonds is 5. The molecular weight excluding hydrogens is 246 g/mol. The molecule has 2 heterocycles. The molecule has 0 aromatic carbocycles. The number of hydrogen-bond acceptors (Lipinski definition) is 5. The van der Waals surface area contributed by atoms with Crippen LogP contribution in [0.25, 0.3) is 0 Å². The van der Waals surface area contributed by atoms with Gasteiger partial charge in [-0.2, -0.15) is 5.10 Å². The van der Waals surface area contributed by atoms with Crippen molar-refractivity contribution < 1.29 is 4.92 Å². The summed E-state index contributed by atoms with van der Waals surface area (Å²) in [5.41, 5.74) is 1.46. The molecule has 0 saturated heterocycles. The van der Waals surface area contributed by atoms with Crippen LogP contribution in [0.5, 0.6) is 0 Å². The fourth-order valence-electron chi connectivity index (χ4n) is 1.88. The minimum atomic E-state index is -0.399. The molecule has 19 heavy (non-hydrogen) atoms. The molecule has 100 valence electrons. The van der Waals surface area contributed by atoms with Gasteiger partial charge >= 0.3 is 5.69 Å². The topological polar surface area (TPSA) is 85.9 Å². The lowest BCUT2D eigenvalue weighted by Gasteiger charge is -2.07. The van der Waals surface area contributed by atoms with Gasteiger partial charge in [-0.1, -0.05) is 0 Å². The molecule has 2 aromatic rings. The van der Waals surface area contributed by atoms with Gasteiger partial charge in [0, 0.05) is 25.5 Å². The highest BCUT2D eigenvalue weighted by Crippen LogP contribution is 2.28. The zero-order chi connectivity index (χ0) is 13.8. The third kappa shape index (κ3) is 2.70. The first-order valence-electron chi connectivity index (χ1n) is 5.98. The van der Waals surface area contributed by atoms with E-state index in [1.165, 1.54) is 0 Å². The molecule has 0 radical (unpaired) electrons. The summed E-state index contributed by atoms with van der Waals surface area (Å²) in [7, 11) is 0. The van der Waals surface area contributed by atoms with Crippen LogP contribution in [0.4, 0.5) is 11.5 Å². The highest BCUT2D eigenvalue weighted by atomic mass is 16.6. The third-order valence-corrected chi connectivity index (χ3v) is 2.79. The van der Waals surface area contributed by atoms with Gasteiger partial charge in [-0.25, -0.2) is 4.68 Å². The number of aromatic nitrogens is 3. The van der Waals surface area contributed by atoms with Crippen LogP contribution in [0.1, 0.15) is 18.2 Å². The summed E-state index contributed by atoms with van der Waals surface area (Å²) in [4.78, 5) is 14.6. The van der Waals surface area contributed by atoms with Crippen LogP contribution in [0.3, 0.4) is 0 Å². The number of aryl methyl sites for hydroxylation is 2. The van der Waals surface area contributed by atoms with Gasteiger partial charge in [-0.3, -0.25) is 15.1 Å². The van der Waals surface area contributed by atoms with Crippen LogP contribution in [0.15, 0.2) is 24.5 Å². The molecule has 0 spiro atoms. The first-order valence-corrected chi connectivity index (χ1v) is 5.98. The van der Waals surface area contributed by atoms with E-state index in [-0.39, 0.29) is 5.69 Å². The van der Waals surface area contributed by atoms with Crippen LogP contribution >= 0.6 is 0 Å². The molecule has 0 saturated carbocycles. The Morgan fingerprint density at radius 3 is 2.68 bits per heavy atom. The molecule has 1 N–H and O–H groups in total. The smallest absolute Gasteiger partial charge is 0.333 e. The number of anilines is 1. The predicted molar refractivity (Wildman–Crippen MR) is 70.9 cm³/mol. The van der Waals surface area contributed by atoms with Crippen molar-refractivity contribution in [2.24, 2.45) is 0 Å². The summed E-state index contributed by atoms with van der Waals surface area (Å²) in [6.45, 7) is 4.61. The molecule has 0 bridgehead atoms. The normalized spacial score (nSPS) is 10.4. The molecule has 7 nitrogen and oxygen atoms in total. The fraction of sp³-hybridized carbons (Fsp3) is 0.333. The van der Waals surface area contributed by atoms with Crippen molar-refractivity contribution in [2.75, 3.05) is 5.32 Å². The van der Waals surface area contributed by atoms with Gasteiger partial charge < -0.3 is 5.32 Å². The Kier molecular flexibility index (Phi) is 3.74.